The van der Waals surface area contributed by atoms with E-state index in [-0.39, 0.29) is 0 Å². The summed E-state index contributed by atoms with van der Waals surface area (Å²) in [5, 5.41) is 0.626. The summed E-state index contributed by atoms with van der Waals surface area (Å²) in [4.78, 5) is 13.0. The van der Waals surface area contributed by atoms with E-state index in [1.54, 1.807) is 12.5 Å². The molecule has 0 saturated carbocycles. The molecular formula is C16H19ClN4. The molecule has 1 fully saturated rings. The Morgan fingerprint density at radius 3 is 2.76 bits per heavy atom. The molecule has 2 heterocycles. The van der Waals surface area contributed by atoms with Gasteiger partial charge in [-0.1, -0.05) is 41.9 Å². The van der Waals surface area contributed by atoms with Gasteiger partial charge in [-0.2, -0.15) is 0 Å². The molecule has 1 aliphatic heterocycles. The van der Waals surface area contributed by atoms with Gasteiger partial charge in [-0.3, -0.25) is 4.90 Å². The van der Waals surface area contributed by atoms with E-state index in [4.69, 9.17) is 11.6 Å². The molecule has 5 heteroatoms. The standard InChI is InChI=1S/C16H19ClN4/c1-13-10-20(11-14-5-3-2-4-6-14)7-8-21(13)16-15(17)9-18-12-19-16/h2-6,9,12-13H,7-8,10-11H2,1H3. The van der Waals surface area contributed by atoms with Crippen molar-refractivity contribution in [3.05, 3.63) is 53.4 Å². The van der Waals surface area contributed by atoms with Crippen molar-refractivity contribution < 1.29 is 0 Å². The second kappa shape index (κ2) is 6.41. The zero-order valence-corrected chi connectivity index (χ0v) is 12.9. The molecule has 2 aromatic rings. The van der Waals surface area contributed by atoms with Crippen LogP contribution in [0.15, 0.2) is 42.9 Å². The average Bonchev–Trinajstić information content (AvgIpc) is 2.50. The van der Waals surface area contributed by atoms with E-state index in [0.29, 0.717) is 11.1 Å². The van der Waals surface area contributed by atoms with Crippen molar-refractivity contribution in [1.82, 2.24) is 14.9 Å². The van der Waals surface area contributed by atoms with Crippen molar-refractivity contribution in [3.63, 3.8) is 0 Å². The van der Waals surface area contributed by atoms with E-state index in [2.05, 4.69) is 57.0 Å². The lowest BCUT2D eigenvalue weighted by Gasteiger charge is -2.40. The van der Waals surface area contributed by atoms with Crippen LogP contribution in [0.1, 0.15) is 12.5 Å². The Hall–Kier alpha value is -1.65. The molecule has 3 rings (SSSR count). The summed E-state index contributed by atoms with van der Waals surface area (Å²) < 4.78 is 0. The Morgan fingerprint density at radius 1 is 1.24 bits per heavy atom. The molecule has 1 aromatic carbocycles. The maximum absolute atomic E-state index is 6.21. The molecule has 0 aliphatic carbocycles. The Balaban J connectivity index is 1.66. The lowest BCUT2D eigenvalue weighted by Crippen LogP contribution is -2.52. The van der Waals surface area contributed by atoms with Gasteiger partial charge in [-0.25, -0.2) is 9.97 Å². The van der Waals surface area contributed by atoms with Gasteiger partial charge in [0.2, 0.25) is 0 Å². The van der Waals surface area contributed by atoms with Crippen LogP contribution in [0.2, 0.25) is 5.02 Å². The lowest BCUT2D eigenvalue weighted by molar-refractivity contribution is 0.220. The number of hydrogen-bond acceptors (Lipinski definition) is 4. The van der Waals surface area contributed by atoms with Crippen molar-refractivity contribution in [3.8, 4) is 0 Å². The molecule has 1 aromatic heterocycles. The zero-order chi connectivity index (χ0) is 14.7. The average molecular weight is 303 g/mol. The topological polar surface area (TPSA) is 32.3 Å². The van der Waals surface area contributed by atoms with E-state index in [9.17, 15) is 0 Å². The van der Waals surface area contributed by atoms with Crippen LogP contribution in [0.3, 0.4) is 0 Å². The number of rotatable bonds is 3. The van der Waals surface area contributed by atoms with Crippen LogP contribution in [-0.4, -0.2) is 40.5 Å². The fourth-order valence-electron chi connectivity index (χ4n) is 2.85. The van der Waals surface area contributed by atoms with Crippen molar-refractivity contribution in [2.24, 2.45) is 0 Å². The maximum atomic E-state index is 6.21. The molecular weight excluding hydrogens is 284 g/mol. The summed E-state index contributed by atoms with van der Waals surface area (Å²) in [6.07, 6.45) is 3.22. The molecule has 0 radical (unpaired) electrons. The van der Waals surface area contributed by atoms with Gasteiger partial charge in [0.05, 0.1) is 6.20 Å². The molecule has 21 heavy (non-hydrogen) atoms. The second-order valence-electron chi connectivity index (χ2n) is 5.46. The van der Waals surface area contributed by atoms with Gasteiger partial charge in [-0.15, -0.1) is 0 Å². The lowest BCUT2D eigenvalue weighted by atomic mass is 10.1. The van der Waals surface area contributed by atoms with Gasteiger partial charge >= 0.3 is 0 Å². The van der Waals surface area contributed by atoms with Crippen LogP contribution in [0.4, 0.5) is 5.82 Å². The fraction of sp³-hybridized carbons (Fsp3) is 0.375. The van der Waals surface area contributed by atoms with Crippen molar-refractivity contribution in [2.45, 2.75) is 19.5 Å². The summed E-state index contributed by atoms with van der Waals surface area (Å²) in [6.45, 7) is 6.17. The highest BCUT2D eigenvalue weighted by Gasteiger charge is 2.26. The highest BCUT2D eigenvalue weighted by atomic mass is 35.5. The van der Waals surface area contributed by atoms with Gasteiger partial charge in [0.15, 0.2) is 5.82 Å². The summed E-state index contributed by atoms with van der Waals surface area (Å²) in [6, 6.07) is 11.0. The number of hydrogen-bond donors (Lipinski definition) is 0. The third kappa shape index (κ3) is 3.34. The third-order valence-corrected chi connectivity index (χ3v) is 4.15. The molecule has 0 bridgehead atoms. The van der Waals surface area contributed by atoms with Gasteiger partial charge in [0.25, 0.3) is 0 Å². The highest BCUT2D eigenvalue weighted by molar-refractivity contribution is 6.32. The molecule has 1 atom stereocenters. The molecule has 0 N–H and O–H groups in total. The number of piperazine rings is 1. The third-order valence-electron chi connectivity index (χ3n) is 3.88. The Morgan fingerprint density at radius 2 is 2.05 bits per heavy atom. The Labute approximate surface area is 130 Å². The van der Waals surface area contributed by atoms with E-state index in [1.807, 2.05) is 0 Å². The van der Waals surface area contributed by atoms with Crippen LogP contribution in [0.5, 0.6) is 0 Å². The van der Waals surface area contributed by atoms with Crippen LogP contribution in [0, 0.1) is 0 Å². The van der Waals surface area contributed by atoms with Crippen LogP contribution < -0.4 is 4.90 Å². The van der Waals surface area contributed by atoms with Gasteiger partial charge in [-0.05, 0) is 12.5 Å². The molecule has 1 saturated heterocycles. The predicted molar refractivity (Wildman–Crippen MR) is 85.6 cm³/mol. The van der Waals surface area contributed by atoms with E-state index < -0.39 is 0 Å². The largest absolute Gasteiger partial charge is 0.350 e. The monoisotopic (exact) mass is 302 g/mol. The quantitative estimate of drug-likeness (QED) is 0.873. The molecule has 4 nitrogen and oxygen atoms in total. The smallest absolute Gasteiger partial charge is 0.151 e. The van der Waals surface area contributed by atoms with Crippen molar-refractivity contribution in [1.29, 1.82) is 0 Å². The van der Waals surface area contributed by atoms with Gasteiger partial charge < -0.3 is 4.90 Å². The minimum Gasteiger partial charge on any atom is -0.350 e. The number of anilines is 1. The number of nitrogens with zero attached hydrogens (tertiary/aromatic N) is 4. The van der Waals surface area contributed by atoms with Crippen molar-refractivity contribution >= 4 is 17.4 Å². The summed E-state index contributed by atoms with van der Waals surface area (Å²) >= 11 is 6.21. The first-order valence-electron chi connectivity index (χ1n) is 7.22. The molecule has 110 valence electrons. The first kappa shape index (κ1) is 14.3. The van der Waals surface area contributed by atoms with Crippen LogP contribution in [0.25, 0.3) is 0 Å². The van der Waals surface area contributed by atoms with Crippen LogP contribution >= 0.6 is 11.6 Å². The SMILES string of the molecule is CC1CN(Cc2ccccc2)CCN1c1ncncc1Cl. The minimum absolute atomic E-state index is 0.384. The summed E-state index contributed by atoms with van der Waals surface area (Å²) in [5.41, 5.74) is 1.36. The zero-order valence-electron chi connectivity index (χ0n) is 12.1. The number of halogens is 1. The van der Waals surface area contributed by atoms with Gasteiger partial charge in [0, 0.05) is 32.2 Å². The van der Waals surface area contributed by atoms with Crippen molar-refractivity contribution in [2.75, 3.05) is 24.5 Å². The predicted octanol–water partition coefficient (Wildman–Crippen LogP) is 2.84. The molecule has 0 amide bonds. The Kier molecular flexibility index (Phi) is 4.36. The maximum Gasteiger partial charge on any atom is 0.151 e. The summed E-state index contributed by atoms with van der Waals surface area (Å²) in [7, 11) is 0. The Bertz CT molecular complexity index is 590. The highest BCUT2D eigenvalue weighted by Crippen LogP contribution is 2.25. The first-order chi connectivity index (χ1) is 10.2. The first-order valence-corrected chi connectivity index (χ1v) is 7.60. The molecule has 1 unspecified atom stereocenters. The van der Waals surface area contributed by atoms with E-state index in [1.165, 1.54) is 5.56 Å². The van der Waals surface area contributed by atoms with E-state index >= 15 is 0 Å². The van der Waals surface area contributed by atoms with Crippen LogP contribution in [-0.2, 0) is 6.54 Å². The fourth-order valence-corrected chi connectivity index (χ4v) is 3.06. The second-order valence-corrected chi connectivity index (χ2v) is 5.86. The normalized spacial score (nSPS) is 19.7. The number of aromatic nitrogens is 2. The molecule has 0 spiro atoms. The van der Waals surface area contributed by atoms with Gasteiger partial charge in [0.1, 0.15) is 11.3 Å². The number of benzene rings is 1. The minimum atomic E-state index is 0.384. The van der Waals surface area contributed by atoms with E-state index in [0.717, 1.165) is 32.0 Å². The summed E-state index contributed by atoms with van der Waals surface area (Å²) in [5.74, 6) is 0.846. The molecule has 1 aliphatic rings.